The number of rotatable bonds is 18. The van der Waals surface area contributed by atoms with Gasteiger partial charge in [0.1, 0.15) is 0 Å². The lowest BCUT2D eigenvalue weighted by Gasteiger charge is -2.38. The molecule has 0 amide bonds. The van der Waals surface area contributed by atoms with Gasteiger partial charge in [-0.1, -0.05) is 91.4 Å². The van der Waals surface area contributed by atoms with E-state index in [1.165, 1.54) is 70.6 Å². The summed E-state index contributed by atoms with van der Waals surface area (Å²) < 4.78 is 19.4. The lowest BCUT2D eigenvalue weighted by atomic mass is 9.97. The zero-order valence-corrected chi connectivity index (χ0v) is 19.2. The van der Waals surface area contributed by atoms with Crippen LogP contribution in [-0.2, 0) is 14.2 Å². The third-order valence-corrected chi connectivity index (χ3v) is 5.62. The molecule has 1 rings (SSSR count). The van der Waals surface area contributed by atoms with Gasteiger partial charge in [-0.25, -0.2) is 0 Å². The fourth-order valence-corrected chi connectivity index (χ4v) is 3.85. The number of ether oxygens (including phenoxy) is 3. The van der Waals surface area contributed by atoms with E-state index < -0.39 is 5.97 Å². The summed E-state index contributed by atoms with van der Waals surface area (Å²) in [6.07, 6.45) is 20.7. The summed E-state index contributed by atoms with van der Waals surface area (Å²) in [7, 11) is 0. The Morgan fingerprint density at radius 3 is 1.71 bits per heavy atom. The van der Waals surface area contributed by atoms with Gasteiger partial charge in [0.25, 0.3) is 5.97 Å². The molecular weight excluding hydrogens is 352 g/mol. The monoisotopic (exact) mass is 402 g/mol. The first-order valence-corrected chi connectivity index (χ1v) is 12.2. The van der Waals surface area contributed by atoms with E-state index in [0.717, 1.165) is 51.7 Å². The number of hydrogen-bond donors (Lipinski definition) is 0. The van der Waals surface area contributed by atoms with Gasteiger partial charge in [0.2, 0.25) is 0 Å². The Morgan fingerprint density at radius 1 is 0.643 bits per heavy atom. The van der Waals surface area contributed by atoms with Gasteiger partial charge >= 0.3 is 0 Å². The Morgan fingerprint density at radius 2 is 1.14 bits per heavy atom. The maximum Gasteiger partial charge on any atom is 0.283 e. The van der Waals surface area contributed by atoms with Crippen molar-refractivity contribution in [2.75, 3.05) is 13.2 Å². The molecule has 1 atom stereocenters. The molecule has 4 nitrogen and oxygen atoms in total. The largest absolute Gasteiger partial charge is 0.412 e. The molecule has 170 valence electrons. The molecule has 0 radical (unpaired) electrons. The average Bonchev–Trinajstić information content (AvgIpc) is 2.69. The van der Waals surface area contributed by atoms with E-state index in [1.807, 2.05) is 0 Å². The van der Waals surface area contributed by atoms with E-state index in [4.69, 9.17) is 14.2 Å². The van der Waals surface area contributed by atoms with E-state index in [-0.39, 0.29) is 5.48 Å². The second-order valence-electron chi connectivity index (χ2n) is 8.34. The normalized spacial score (nSPS) is 17.2. The summed E-state index contributed by atoms with van der Waals surface area (Å²) in [5, 5.41) is 0. The first-order chi connectivity index (χ1) is 13.3. The smallest absolute Gasteiger partial charge is 0.283 e. The summed E-state index contributed by atoms with van der Waals surface area (Å²) in [4.78, 5) is 0. The van der Waals surface area contributed by atoms with Gasteiger partial charge in [0.05, 0.1) is 19.3 Å². The Labute approximate surface area is 175 Å². The standard InChI is InChI=1S/C24H48O3.H2O/c1-4-7-10-15-20-24(25-21-16-9-6-3,26-22-17-11-8-5-2)27-23-18-13-12-14-19-23;/h23H,4-22H2,1-3H3;1H2. The van der Waals surface area contributed by atoms with Gasteiger partial charge < -0.3 is 19.7 Å². The Hall–Kier alpha value is -0.160. The second-order valence-corrected chi connectivity index (χ2v) is 8.34. The third kappa shape index (κ3) is 13.1. The predicted octanol–water partition coefficient (Wildman–Crippen LogP) is 6.94. The number of hydrogen-bond acceptors (Lipinski definition) is 3. The van der Waals surface area contributed by atoms with Crippen LogP contribution in [-0.4, -0.2) is 30.8 Å². The molecule has 0 saturated heterocycles. The summed E-state index contributed by atoms with van der Waals surface area (Å²) in [6, 6.07) is 0. The zero-order chi connectivity index (χ0) is 19.6. The van der Waals surface area contributed by atoms with Gasteiger partial charge in [-0.15, -0.1) is 0 Å². The molecule has 2 N–H and O–H groups in total. The topological polar surface area (TPSA) is 59.2 Å². The van der Waals surface area contributed by atoms with Crippen LogP contribution in [0.2, 0.25) is 0 Å². The van der Waals surface area contributed by atoms with Crippen LogP contribution in [0, 0.1) is 0 Å². The predicted molar refractivity (Wildman–Crippen MR) is 119 cm³/mol. The second kappa shape index (κ2) is 18.8. The summed E-state index contributed by atoms with van der Waals surface area (Å²) in [5.74, 6) is -0.796. The zero-order valence-electron chi connectivity index (χ0n) is 19.2. The highest BCUT2D eigenvalue weighted by Crippen LogP contribution is 2.31. The van der Waals surface area contributed by atoms with Crippen molar-refractivity contribution in [3.63, 3.8) is 0 Å². The molecule has 4 heteroatoms. The molecule has 0 aromatic carbocycles. The Bertz CT molecular complexity index is 304. The van der Waals surface area contributed by atoms with Crippen molar-refractivity contribution >= 4 is 0 Å². The van der Waals surface area contributed by atoms with Crippen molar-refractivity contribution in [2.24, 2.45) is 0 Å². The van der Waals surface area contributed by atoms with Crippen LogP contribution in [0.5, 0.6) is 0 Å². The van der Waals surface area contributed by atoms with Gasteiger partial charge in [-0.2, -0.15) is 0 Å². The SMILES string of the molecule is CCCCCCOC(CCCCCC)(OCCCCC)OC1CCCCC1.O. The minimum absolute atomic E-state index is 0. The molecule has 0 aliphatic heterocycles. The molecule has 0 aromatic rings. The van der Waals surface area contributed by atoms with Crippen molar-refractivity contribution < 1.29 is 19.7 Å². The van der Waals surface area contributed by atoms with Gasteiger partial charge in [0, 0.05) is 6.42 Å². The van der Waals surface area contributed by atoms with Crippen LogP contribution < -0.4 is 0 Å². The summed E-state index contributed by atoms with van der Waals surface area (Å²) in [5.41, 5.74) is 0. The van der Waals surface area contributed by atoms with Crippen molar-refractivity contribution in [3.05, 3.63) is 0 Å². The van der Waals surface area contributed by atoms with Crippen molar-refractivity contribution in [1.29, 1.82) is 0 Å². The molecule has 1 aliphatic carbocycles. The fraction of sp³-hybridized carbons (Fsp3) is 1.00. The molecule has 1 saturated carbocycles. The van der Waals surface area contributed by atoms with Gasteiger partial charge in [0.15, 0.2) is 0 Å². The van der Waals surface area contributed by atoms with Crippen LogP contribution in [0.4, 0.5) is 0 Å². The molecular formula is C24H50O4. The highest BCUT2D eigenvalue weighted by atomic mass is 16.9. The highest BCUT2D eigenvalue weighted by molar-refractivity contribution is 4.70. The molecule has 0 bridgehead atoms. The quantitative estimate of drug-likeness (QED) is 0.184. The number of unbranched alkanes of at least 4 members (excludes halogenated alkanes) is 8. The summed E-state index contributed by atoms with van der Waals surface area (Å²) >= 11 is 0. The Balaban J connectivity index is 0.00000729. The Kier molecular flexibility index (Phi) is 18.7. The highest BCUT2D eigenvalue weighted by Gasteiger charge is 2.36. The lowest BCUT2D eigenvalue weighted by Crippen LogP contribution is -2.43. The average molecular weight is 403 g/mol. The molecule has 0 aromatic heterocycles. The van der Waals surface area contributed by atoms with Crippen LogP contribution in [0.15, 0.2) is 0 Å². The van der Waals surface area contributed by atoms with E-state index in [0.29, 0.717) is 6.10 Å². The van der Waals surface area contributed by atoms with Gasteiger partial charge in [-0.3, -0.25) is 0 Å². The van der Waals surface area contributed by atoms with Crippen LogP contribution in [0.1, 0.15) is 130 Å². The summed E-state index contributed by atoms with van der Waals surface area (Å²) in [6.45, 7) is 8.26. The lowest BCUT2D eigenvalue weighted by molar-refractivity contribution is -0.399. The van der Waals surface area contributed by atoms with E-state index >= 15 is 0 Å². The van der Waals surface area contributed by atoms with Crippen LogP contribution >= 0.6 is 0 Å². The maximum absolute atomic E-state index is 6.60. The first kappa shape index (κ1) is 27.8. The van der Waals surface area contributed by atoms with Crippen molar-refractivity contribution in [3.8, 4) is 0 Å². The minimum atomic E-state index is -0.796. The van der Waals surface area contributed by atoms with Crippen molar-refractivity contribution in [1.82, 2.24) is 0 Å². The molecule has 28 heavy (non-hydrogen) atoms. The molecule has 1 fully saturated rings. The molecule has 1 unspecified atom stereocenters. The first-order valence-electron chi connectivity index (χ1n) is 12.2. The molecule has 0 heterocycles. The van der Waals surface area contributed by atoms with Crippen LogP contribution in [0.3, 0.4) is 0 Å². The van der Waals surface area contributed by atoms with E-state index in [2.05, 4.69) is 20.8 Å². The van der Waals surface area contributed by atoms with Crippen molar-refractivity contribution in [2.45, 2.75) is 142 Å². The van der Waals surface area contributed by atoms with E-state index in [9.17, 15) is 0 Å². The van der Waals surface area contributed by atoms with E-state index in [1.54, 1.807) is 0 Å². The van der Waals surface area contributed by atoms with Gasteiger partial charge in [-0.05, 0) is 32.1 Å². The van der Waals surface area contributed by atoms with Crippen LogP contribution in [0.25, 0.3) is 0 Å². The molecule has 1 aliphatic rings. The minimum Gasteiger partial charge on any atom is -0.412 e. The fourth-order valence-electron chi connectivity index (χ4n) is 3.85. The molecule has 0 spiro atoms. The third-order valence-electron chi connectivity index (χ3n) is 5.62. The maximum atomic E-state index is 6.60.